The van der Waals surface area contributed by atoms with Crippen molar-refractivity contribution in [1.82, 2.24) is 15.0 Å². The first-order valence-corrected chi connectivity index (χ1v) is 19.3. The molecule has 0 amide bonds. The molecular weight excluding hydrogens is 687 g/mol. The Labute approximate surface area is 323 Å². The topological polar surface area (TPSA) is 38.7 Å². The molecule has 0 aliphatic rings. The predicted octanol–water partition coefficient (Wildman–Crippen LogP) is 13.9. The van der Waals surface area contributed by atoms with E-state index < -0.39 is 0 Å². The molecule has 8 aromatic carbocycles. The molecule has 0 atom stereocenters. The van der Waals surface area contributed by atoms with Gasteiger partial charge < -0.3 is 0 Å². The number of hydrogen-bond acceptors (Lipinski definition) is 4. The standard InChI is InChI=1S/C51H33N3S/c1-3-13-34(14-4-1)35-25-27-36(28-26-35)37-29-31-39(32-30-37)49-52-50(54-51(53-49)44-20-8-7-19-42(44)38-15-5-2-6-16-38)41-18-11-17-40(33-41)43-22-12-24-47-48(43)45-21-9-10-23-46(45)55-47/h1-33H. The summed E-state index contributed by atoms with van der Waals surface area (Å²) in [5.41, 5.74) is 12.0. The maximum atomic E-state index is 5.20. The molecule has 0 radical (unpaired) electrons. The van der Waals surface area contributed by atoms with Crippen molar-refractivity contribution in [2.24, 2.45) is 0 Å². The van der Waals surface area contributed by atoms with E-state index in [1.807, 2.05) is 23.5 Å². The highest BCUT2D eigenvalue weighted by atomic mass is 32.1. The molecule has 2 heterocycles. The summed E-state index contributed by atoms with van der Waals surface area (Å²) < 4.78 is 2.57. The molecule has 0 fully saturated rings. The Hall–Kier alpha value is -7.01. The van der Waals surface area contributed by atoms with Crippen molar-refractivity contribution in [2.75, 3.05) is 0 Å². The lowest BCUT2D eigenvalue weighted by molar-refractivity contribution is 1.07. The maximum Gasteiger partial charge on any atom is 0.164 e. The monoisotopic (exact) mass is 719 g/mol. The molecule has 0 N–H and O–H groups in total. The van der Waals surface area contributed by atoms with Gasteiger partial charge in [-0.1, -0.05) is 182 Å². The van der Waals surface area contributed by atoms with Gasteiger partial charge in [0, 0.05) is 36.9 Å². The minimum absolute atomic E-state index is 0.630. The van der Waals surface area contributed by atoms with Gasteiger partial charge in [-0.2, -0.15) is 0 Å². The Morgan fingerprint density at radius 2 is 0.727 bits per heavy atom. The van der Waals surface area contributed by atoms with E-state index in [4.69, 9.17) is 15.0 Å². The van der Waals surface area contributed by atoms with Crippen molar-refractivity contribution in [1.29, 1.82) is 0 Å². The van der Waals surface area contributed by atoms with Crippen molar-refractivity contribution in [3.8, 4) is 78.7 Å². The van der Waals surface area contributed by atoms with Crippen LogP contribution in [0.4, 0.5) is 0 Å². The van der Waals surface area contributed by atoms with E-state index in [0.29, 0.717) is 17.5 Å². The van der Waals surface area contributed by atoms with Crippen LogP contribution in [0.2, 0.25) is 0 Å². The number of rotatable bonds is 7. The van der Waals surface area contributed by atoms with Crippen LogP contribution in [0.5, 0.6) is 0 Å². The second kappa shape index (κ2) is 14.1. The lowest BCUT2D eigenvalue weighted by atomic mass is 9.97. The molecule has 0 spiro atoms. The van der Waals surface area contributed by atoms with Crippen LogP contribution >= 0.6 is 11.3 Å². The van der Waals surface area contributed by atoms with Crippen molar-refractivity contribution in [3.63, 3.8) is 0 Å². The van der Waals surface area contributed by atoms with E-state index in [2.05, 4.69) is 188 Å². The fraction of sp³-hybridized carbons (Fsp3) is 0. The molecule has 3 nitrogen and oxygen atoms in total. The normalized spacial score (nSPS) is 11.3. The molecular formula is C51H33N3S. The first-order chi connectivity index (χ1) is 27.2. The molecule has 10 rings (SSSR count). The average molecular weight is 720 g/mol. The van der Waals surface area contributed by atoms with Gasteiger partial charge in [0.15, 0.2) is 17.5 Å². The number of hydrogen-bond donors (Lipinski definition) is 0. The van der Waals surface area contributed by atoms with Gasteiger partial charge in [-0.15, -0.1) is 11.3 Å². The molecule has 0 aliphatic heterocycles. The third-order valence-electron chi connectivity index (χ3n) is 10.2. The number of benzene rings is 8. The zero-order valence-electron chi connectivity index (χ0n) is 29.8. The van der Waals surface area contributed by atoms with Gasteiger partial charge in [0.05, 0.1) is 0 Å². The summed E-state index contributed by atoms with van der Waals surface area (Å²) in [5.74, 6) is 1.90. The largest absolute Gasteiger partial charge is 0.208 e. The van der Waals surface area contributed by atoms with Gasteiger partial charge in [-0.05, 0) is 62.7 Å². The van der Waals surface area contributed by atoms with E-state index in [1.54, 1.807) is 0 Å². The second-order valence-corrected chi connectivity index (χ2v) is 14.7. The van der Waals surface area contributed by atoms with Crippen molar-refractivity contribution in [2.45, 2.75) is 0 Å². The molecule has 10 aromatic rings. The molecule has 0 aliphatic carbocycles. The minimum Gasteiger partial charge on any atom is -0.208 e. The summed E-state index contributed by atoms with van der Waals surface area (Å²) in [6.07, 6.45) is 0. The van der Waals surface area contributed by atoms with Crippen molar-refractivity contribution >= 4 is 31.5 Å². The smallest absolute Gasteiger partial charge is 0.164 e. The van der Waals surface area contributed by atoms with E-state index in [9.17, 15) is 0 Å². The van der Waals surface area contributed by atoms with E-state index >= 15 is 0 Å². The highest BCUT2D eigenvalue weighted by molar-refractivity contribution is 7.25. The van der Waals surface area contributed by atoms with Crippen molar-refractivity contribution in [3.05, 3.63) is 200 Å². The van der Waals surface area contributed by atoms with Crippen molar-refractivity contribution < 1.29 is 0 Å². The van der Waals surface area contributed by atoms with Crippen LogP contribution < -0.4 is 0 Å². The lowest BCUT2D eigenvalue weighted by Crippen LogP contribution is -2.01. The number of nitrogens with zero attached hydrogens (tertiary/aromatic N) is 3. The minimum atomic E-state index is 0.630. The SMILES string of the molecule is c1ccc(-c2ccc(-c3ccc(-c4nc(-c5cccc(-c6cccc7sc8ccccc8c67)c5)nc(-c5ccccc5-c5ccccc5)n4)cc3)cc2)cc1. The first kappa shape index (κ1) is 32.6. The van der Waals surface area contributed by atoms with Crippen LogP contribution in [-0.4, -0.2) is 15.0 Å². The van der Waals surface area contributed by atoms with Gasteiger partial charge in [-0.3, -0.25) is 0 Å². The summed E-state index contributed by atoms with van der Waals surface area (Å²) in [4.78, 5) is 15.5. The Bertz CT molecular complexity index is 2950. The summed E-state index contributed by atoms with van der Waals surface area (Å²) in [6, 6.07) is 70.4. The highest BCUT2D eigenvalue weighted by Crippen LogP contribution is 2.41. The highest BCUT2D eigenvalue weighted by Gasteiger charge is 2.17. The zero-order chi connectivity index (χ0) is 36.6. The van der Waals surface area contributed by atoms with Gasteiger partial charge >= 0.3 is 0 Å². The van der Waals surface area contributed by atoms with Crippen LogP contribution in [-0.2, 0) is 0 Å². The van der Waals surface area contributed by atoms with E-state index in [1.165, 1.54) is 36.9 Å². The van der Waals surface area contributed by atoms with Crippen LogP contribution in [0.15, 0.2) is 200 Å². The molecule has 4 heteroatoms. The fourth-order valence-electron chi connectivity index (χ4n) is 7.44. The average Bonchev–Trinajstić information content (AvgIpc) is 3.66. The lowest BCUT2D eigenvalue weighted by Gasteiger charge is -2.13. The molecule has 0 saturated carbocycles. The van der Waals surface area contributed by atoms with Crippen LogP contribution in [0.25, 0.3) is 98.8 Å². The van der Waals surface area contributed by atoms with Gasteiger partial charge in [0.25, 0.3) is 0 Å². The Morgan fingerprint density at radius 1 is 0.273 bits per heavy atom. The molecule has 2 aromatic heterocycles. The molecule has 55 heavy (non-hydrogen) atoms. The molecule has 0 bridgehead atoms. The maximum absolute atomic E-state index is 5.20. The zero-order valence-corrected chi connectivity index (χ0v) is 30.6. The Kier molecular flexibility index (Phi) is 8.36. The fourth-order valence-corrected chi connectivity index (χ4v) is 8.57. The molecule has 0 unspecified atom stereocenters. The first-order valence-electron chi connectivity index (χ1n) is 18.4. The van der Waals surface area contributed by atoms with Crippen LogP contribution in [0.3, 0.4) is 0 Å². The quantitative estimate of drug-likeness (QED) is 0.165. The summed E-state index contributed by atoms with van der Waals surface area (Å²) in [7, 11) is 0. The third-order valence-corrected chi connectivity index (χ3v) is 11.3. The Morgan fingerprint density at radius 3 is 1.44 bits per heavy atom. The second-order valence-electron chi connectivity index (χ2n) is 13.6. The molecule has 0 saturated heterocycles. The van der Waals surface area contributed by atoms with Gasteiger partial charge in [0.1, 0.15) is 0 Å². The summed E-state index contributed by atoms with van der Waals surface area (Å²) in [5, 5.41) is 2.56. The van der Waals surface area contributed by atoms with Crippen LogP contribution in [0, 0.1) is 0 Å². The predicted molar refractivity (Wildman–Crippen MR) is 231 cm³/mol. The van der Waals surface area contributed by atoms with E-state index in [-0.39, 0.29) is 0 Å². The summed E-state index contributed by atoms with van der Waals surface area (Å²) >= 11 is 1.84. The summed E-state index contributed by atoms with van der Waals surface area (Å²) in [6.45, 7) is 0. The Balaban J connectivity index is 1.08. The number of fused-ring (bicyclic) bond motifs is 3. The molecule has 258 valence electrons. The number of thiophene rings is 1. The van der Waals surface area contributed by atoms with Gasteiger partial charge in [0.2, 0.25) is 0 Å². The van der Waals surface area contributed by atoms with Crippen LogP contribution in [0.1, 0.15) is 0 Å². The third kappa shape index (κ3) is 6.29. The van der Waals surface area contributed by atoms with Gasteiger partial charge in [-0.25, -0.2) is 15.0 Å². The van der Waals surface area contributed by atoms with E-state index in [0.717, 1.165) is 44.5 Å². The number of aromatic nitrogens is 3.